The Morgan fingerprint density at radius 3 is 2.43 bits per heavy atom. The van der Waals surface area contributed by atoms with Gasteiger partial charge >= 0.3 is 58.4 Å². The first-order chi connectivity index (χ1) is 5.97. The Morgan fingerprint density at radius 2 is 1.93 bits per heavy atom. The molecule has 2 unspecified atom stereocenters. The van der Waals surface area contributed by atoms with E-state index in [-0.39, 0.29) is 57.5 Å². The van der Waals surface area contributed by atoms with Gasteiger partial charge in [0.25, 0.3) is 0 Å². The van der Waals surface area contributed by atoms with E-state index in [4.69, 9.17) is 4.74 Å². The molecule has 0 aromatic heterocycles. The number of halogens is 3. The molecule has 1 saturated carbocycles. The van der Waals surface area contributed by atoms with Crippen LogP contribution in [-0.2, 0) is 4.74 Å². The zero-order chi connectivity index (χ0) is 9.90. The zero-order valence-corrected chi connectivity index (χ0v) is 11.9. The Bertz CT molecular complexity index is 165. The third kappa shape index (κ3) is 6.85. The van der Waals surface area contributed by atoms with Crippen LogP contribution in [0, 0.1) is 5.92 Å². The second-order valence-corrected chi connectivity index (χ2v) is 3.94. The van der Waals surface area contributed by atoms with Crippen LogP contribution in [0.1, 0.15) is 32.6 Å². The van der Waals surface area contributed by atoms with Gasteiger partial charge in [0.2, 0.25) is 0 Å². The molecule has 1 aliphatic rings. The van der Waals surface area contributed by atoms with E-state index in [1.54, 1.807) is 0 Å². The molecular weight excluding hydrogens is 219 g/mol. The summed E-state index contributed by atoms with van der Waals surface area (Å²) in [5, 5.41) is 0. The average molecular weight is 234 g/mol. The first kappa shape index (κ1) is 15.5. The van der Waals surface area contributed by atoms with E-state index in [2.05, 4.69) is 6.92 Å². The quantitative estimate of drug-likeness (QED) is 0.623. The maximum atomic E-state index is 11.8. The summed E-state index contributed by atoms with van der Waals surface area (Å²) >= 11 is 0. The Morgan fingerprint density at radius 1 is 1.29 bits per heavy atom. The van der Waals surface area contributed by atoms with E-state index in [9.17, 15) is 12.9 Å². The summed E-state index contributed by atoms with van der Waals surface area (Å²) in [4.78, 5) is 0. The second-order valence-electron chi connectivity index (χ2n) is 3.94. The van der Waals surface area contributed by atoms with Gasteiger partial charge in [0.15, 0.2) is 0 Å². The third-order valence-electron chi connectivity index (χ3n) is 2.41. The molecule has 0 radical (unpaired) electrons. The van der Waals surface area contributed by atoms with Crippen molar-refractivity contribution in [3.05, 3.63) is 0 Å². The standard InChI is InChI=1S/C8H15BF3O.K/c1-7-3-2-4-8(5-7)13-6-9(10,11)12;/h7-8H,2-6H2,1H3;/q-1;+1. The fourth-order valence-electron chi connectivity index (χ4n) is 1.78. The Hall–Kier alpha value is 1.45. The summed E-state index contributed by atoms with van der Waals surface area (Å²) in [5.41, 5.74) is 0. The van der Waals surface area contributed by atoms with Gasteiger partial charge in [0.05, 0.1) is 6.10 Å². The first-order valence-electron chi connectivity index (χ1n) is 4.80. The van der Waals surface area contributed by atoms with Crippen LogP contribution in [0.25, 0.3) is 0 Å². The Balaban J connectivity index is 0.00000169. The van der Waals surface area contributed by atoms with E-state index in [0.29, 0.717) is 5.92 Å². The summed E-state index contributed by atoms with van der Waals surface area (Å²) in [5.74, 6) is 0.513. The van der Waals surface area contributed by atoms with Crippen LogP contribution in [0.2, 0.25) is 0 Å². The molecule has 1 fully saturated rings. The largest absolute Gasteiger partial charge is 1.00 e. The molecule has 1 rings (SSSR count). The van der Waals surface area contributed by atoms with Crippen molar-refractivity contribution in [3.8, 4) is 0 Å². The summed E-state index contributed by atoms with van der Waals surface area (Å²) < 4.78 is 40.4. The van der Waals surface area contributed by atoms with Crippen LogP contribution >= 0.6 is 0 Å². The predicted octanol–water partition coefficient (Wildman–Crippen LogP) is -0.0277. The van der Waals surface area contributed by atoms with Gasteiger partial charge in [0, 0.05) is 6.51 Å². The molecule has 0 bridgehead atoms. The van der Waals surface area contributed by atoms with Crippen LogP contribution < -0.4 is 51.4 Å². The van der Waals surface area contributed by atoms with E-state index in [0.717, 1.165) is 25.7 Å². The summed E-state index contributed by atoms with van der Waals surface area (Å²) in [6, 6.07) is 0. The minimum atomic E-state index is -4.77. The van der Waals surface area contributed by atoms with E-state index < -0.39 is 13.5 Å². The van der Waals surface area contributed by atoms with E-state index in [1.165, 1.54) is 0 Å². The molecule has 1 nitrogen and oxygen atoms in total. The topological polar surface area (TPSA) is 9.23 Å². The number of hydrogen-bond acceptors (Lipinski definition) is 1. The Labute approximate surface area is 126 Å². The molecule has 0 spiro atoms. The fourth-order valence-corrected chi connectivity index (χ4v) is 1.78. The minimum Gasteiger partial charge on any atom is -0.447 e. The van der Waals surface area contributed by atoms with Gasteiger partial charge in [-0.05, 0) is 18.8 Å². The SMILES string of the molecule is CC1CCCC(OC[B-](F)(F)F)C1.[K+]. The molecule has 0 saturated heterocycles. The maximum absolute atomic E-state index is 11.8. The van der Waals surface area contributed by atoms with Crippen LogP contribution in [0.15, 0.2) is 0 Å². The molecule has 78 valence electrons. The van der Waals surface area contributed by atoms with Crippen LogP contribution in [0.5, 0.6) is 0 Å². The molecule has 6 heteroatoms. The average Bonchev–Trinajstić information content (AvgIpc) is 2.00. The van der Waals surface area contributed by atoms with Crippen molar-refractivity contribution in [1.29, 1.82) is 0 Å². The second kappa shape index (κ2) is 6.91. The molecule has 0 aliphatic heterocycles. The number of ether oxygens (including phenoxy) is 1. The Kier molecular flexibility index (Phi) is 7.63. The van der Waals surface area contributed by atoms with Crippen molar-refractivity contribution in [2.24, 2.45) is 5.92 Å². The van der Waals surface area contributed by atoms with Crippen molar-refractivity contribution in [1.82, 2.24) is 0 Å². The van der Waals surface area contributed by atoms with Crippen molar-refractivity contribution in [2.75, 3.05) is 6.51 Å². The smallest absolute Gasteiger partial charge is 0.447 e. The van der Waals surface area contributed by atoms with Gasteiger partial charge in [-0.25, -0.2) is 0 Å². The summed E-state index contributed by atoms with van der Waals surface area (Å²) in [7, 11) is 0. The summed E-state index contributed by atoms with van der Waals surface area (Å²) in [6.07, 6.45) is 3.53. The minimum absolute atomic E-state index is 0. The van der Waals surface area contributed by atoms with Crippen molar-refractivity contribution in [3.63, 3.8) is 0 Å². The third-order valence-corrected chi connectivity index (χ3v) is 2.41. The van der Waals surface area contributed by atoms with Crippen molar-refractivity contribution in [2.45, 2.75) is 38.7 Å². The molecule has 0 aromatic carbocycles. The van der Waals surface area contributed by atoms with Gasteiger partial charge in [-0.3, -0.25) is 0 Å². The fraction of sp³-hybridized carbons (Fsp3) is 1.00. The van der Waals surface area contributed by atoms with Crippen LogP contribution in [0.4, 0.5) is 12.9 Å². The maximum Gasteiger partial charge on any atom is 1.00 e. The normalized spacial score (nSPS) is 28.3. The molecule has 1 aliphatic carbocycles. The van der Waals surface area contributed by atoms with Gasteiger partial charge in [0.1, 0.15) is 0 Å². The van der Waals surface area contributed by atoms with Crippen LogP contribution in [-0.4, -0.2) is 19.6 Å². The predicted molar refractivity (Wildman–Crippen MR) is 46.5 cm³/mol. The molecule has 14 heavy (non-hydrogen) atoms. The molecular formula is C8H15BF3KO. The molecule has 2 atom stereocenters. The monoisotopic (exact) mass is 234 g/mol. The van der Waals surface area contributed by atoms with Gasteiger partial charge in [-0.1, -0.05) is 19.8 Å². The molecule has 0 N–H and O–H groups in total. The number of hydrogen-bond donors (Lipinski definition) is 0. The van der Waals surface area contributed by atoms with Gasteiger partial charge in [-0.15, -0.1) is 0 Å². The number of rotatable bonds is 3. The van der Waals surface area contributed by atoms with E-state index >= 15 is 0 Å². The van der Waals surface area contributed by atoms with Crippen molar-refractivity contribution < 1.29 is 69.1 Å². The molecule has 0 amide bonds. The van der Waals surface area contributed by atoms with Gasteiger partial charge < -0.3 is 17.7 Å². The molecule has 0 aromatic rings. The van der Waals surface area contributed by atoms with E-state index in [1.807, 2.05) is 0 Å². The zero-order valence-electron chi connectivity index (χ0n) is 8.81. The molecule has 0 heterocycles. The van der Waals surface area contributed by atoms with Crippen molar-refractivity contribution >= 4 is 6.98 Å². The van der Waals surface area contributed by atoms with Gasteiger partial charge in [-0.2, -0.15) is 0 Å². The van der Waals surface area contributed by atoms with Crippen LogP contribution in [0.3, 0.4) is 0 Å². The first-order valence-corrected chi connectivity index (χ1v) is 4.80. The summed E-state index contributed by atoms with van der Waals surface area (Å²) in [6.45, 7) is -3.73.